The predicted molar refractivity (Wildman–Crippen MR) is 79.9 cm³/mol. The minimum atomic E-state index is -0.699. The van der Waals surface area contributed by atoms with Gasteiger partial charge in [-0.1, -0.05) is 36.9 Å². The van der Waals surface area contributed by atoms with Gasteiger partial charge in [-0.25, -0.2) is 0 Å². The molecule has 0 unspecified atom stereocenters. The number of aliphatic hydroxyl groups excluding tert-OH is 1. The maximum Gasteiger partial charge on any atom is 0.190 e. The van der Waals surface area contributed by atoms with Crippen molar-refractivity contribution in [1.82, 2.24) is 0 Å². The lowest BCUT2D eigenvalue weighted by Crippen LogP contribution is -2.38. The van der Waals surface area contributed by atoms with Crippen LogP contribution >= 0.6 is 0 Å². The Morgan fingerprint density at radius 3 is 2.68 bits per heavy atom. The van der Waals surface area contributed by atoms with Crippen molar-refractivity contribution in [2.75, 3.05) is 6.61 Å². The SMILES string of the molecule is C=C(CO)[C@H]1O[C@@H]2OC(C)(C)O[C@@H]2[C@H]1OCc1ccccc1. The van der Waals surface area contributed by atoms with Crippen molar-refractivity contribution in [1.29, 1.82) is 0 Å². The Kier molecular flexibility index (Phi) is 4.34. The number of fused-ring (bicyclic) bond motifs is 1. The quantitative estimate of drug-likeness (QED) is 0.843. The third-order valence-electron chi connectivity index (χ3n) is 3.88. The van der Waals surface area contributed by atoms with Gasteiger partial charge >= 0.3 is 0 Å². The maximum absolute atomic E-state index is 9.35. The Morgan fingerprint density at radius 1 is 1.27 bits per heavy atom. The molecule has 0 amide bonds. The van der Waals surface area contributed by atoms with Crippen molar-refractivity contribution in [3.8, 4) is 0 Å². The van der Waals surface area contributed by atoms with Crippen molar-refractivity contribution in [3.05, 3.63) is 48.0 Å². The van der Waals surface area contributed by atoms with Crippen molar-refractivity contribution in [2.24, 2.45) is 0 Å². The minimum absolute atomic E-state index is 0.154. The van der Waals surface area contributed by atoms with E-state index in [1.165, 1.54) is 0 Å². The molecular formula is C17H22O5. The van der Waals surface area contributed by atoms with Gasteiger partial charge in [0.2, 0.25) is 0 Å². The highest BCUT2D eigenvalue weighted by Crippen LogP contribution is 2.40. The van der Waals surface area contributed by atoms with Crippen LogP contribution in [0.25, 0.3) is 0 Å². The Morgan fingerprint density at radius 2 is 2.00 bits per heavy atom. The van der Waals surface area contributed by atoms with Crippen LogP contribution in [0.3, 0.4) is 0 Å². The molecule has 3 rings (SSSR count). The van der Waals surface area contributed by atoms with Gasteiger partial charge in [-0.3, -0.25) is 0 Å². The highest BCUT2D eigenvalue weighted by atomic mass is 16.8. The van der Waals surface area contributed by atoms with Crippen molar-refractivity contribution < 1.29 is 24.1 Å². The van der Waals surface area contributed by atoms with Gasteiger partial charge in [0.05, 0.1) is 13.2 Å². The van der Waals surface area contributed by atoms with E-state index in [1.807, 2.05) is 44.2 Å². The lowest BCUT2D eigenvalue weighted by Gasteiger charge is -2.26. The molecule has 0 aliphatic carbocycles. The molecule has 0 radical (unpaired) electrons. The Bertz CT molecular complexity index is 527. The lowest BCUT2D eigenvalue weighted by atomic mass is 10.0. The fraction of sp³-hybridized carbons (Fsp3) is 0.529. The summed E-state index contributed by atoms with van der Waals surface area (Å²) in [6.45, 7) is 7.84. The van der Waals surface area contributed by atoms with Gasteiger partial charge in [-0.2, -0.15) is 0 Å². The molecule has 5 heteroatoms. The second-order valence-corrected chi connectivity index (χ2v) is 6.10. The second-order valence-electron chi connectivity index (χ2n) is 6.10. The molecule has 120 valence electrons. The van der Waals surface area contributed by atoms with Crippen LogP contribution in [-0.2, 0) is 25.6 Å². The molecular weight excluding hydrogens is 284 g/mol. The van der Waals surface area contributed by atoms with E-state index in [-0.39, 0.29) is 18.8 Å². The number of ether oxygens (including phenoxy) is 4. The summed E-state index contributed by atoms with van der Waals surface area (Å²) in [5, 5.41) is 9.35. The molecule has 22 heavy (non-hydrogen) atoms. The van der Waals surface area contributed by atoms with Crippen LogP contribution in [0, 0.1) is 0 Å². The van der Waals surface area contributed by atoms with Crippen LogP contribution < -0.4 is 0 Å². The molecule has 0 saturated carbocycles. The van der Waals surface area contributed by atoms with Gasteiger partial charge in [0.15, 0.2) is 12.1 Å². The van der Waals surface area contributed by atoms with Crippen molar-refractivity contribution >= 4 is 0 Å². The summed E-state index contributed by atoms with van der Waals surface area (Å²) >= 11 is 0. The Hall–Kier alpha value is -1.24. The monoisotopic (exact) mass is 306 g/mol. The van der Waals surface area contributed by atoms with Gasteiger partial charge in [0.1, 0.15) is 18.3 Å². The van der Waals surface area contributed by atoms with Crippen molar-refractivity contribution in [2.45, 2.75) is 50.8 Å². The first-order chi connectivity index (χ1) is 10.5. The van der Waals surface area contributed by atoms with Gasteiger partial charge in [-0.05, 0) is 25.0 Å². The molecule has 0 spiro atoms. The fourth-order valence-electron chi connectivity index (χ4n) is 2.85. The van der Waals surface area contributed by atoms with Gasteiger partial charge in [0.25, 0.3) is 0 Å². The molecule has 1 N–H and O–H groups in total. The number of hydrogen-bond acceptors (Lipinski definition) is 5. The molecule has 1 aromatic carbocycles. The lowest BCUT2D eigenvalue weighted by molar-refractivity contribution is -0.214. The van der Waals surface area contributed by atoms with Gasteiger partial charge in [-0.15, -0.1) is 0 Å². The van der Waals surface area contributed by atoms with Crippen LogP contribution in [0.4, 0.5) is 0 Å². The van der Waals surface area contributed by atoms with E-state index >= 15 is 0 Å². The van der Waals surface area contributed by atoms with E-state index in [1.54, 1.807) is 0 Å². The van der Waals surface area contributed by atoms with E-state index in [4.69, 9.17) is 18.9 Å². The summed E-state index contributed by atoms with van der Waals surface area (Å²) in [6, 6.07) is 9.90. The fourth-order valence-corrected chi connectivity index (χ4v) is 2.85. The van der Waals surface area contributed by atoms with E-state index in [9.17, 15) is 5.11 Å². The minimum Gasteiger partial charge on any atom is -0.392 e. The topological polar surface area (TPSA) is 57.2 Å². The van der Waals surface area contributed by atoms with Gasteiger partial charge < -0.3 is 24.1 Å². The molecule has 4 atom stereocenters. The third-order valence-corrected chi connectivity index (χ3v) is 3.88. The summed E-state index contributed by atoms with van der Waals surface area (Å²) in [4.78, 5) is 0. The first-order valence-corrected chi connectivity index (χ1v) is 7.45. The molecule has 0 aromatic heterocycles. The standard InChI is InChI=1S/C17H22O5/c1-11(9-18)13-14(19-10-12-7-5-4-6-8-12)15-16(20-13)22-17(2,3)21-15/h4-8,13-16,18H,1,9-10H2,2-3H3/t13-,14+,15-,16-/m1/s1. The highest BCUT2D eigenvalue weighted by molar-refractivity contribution is 5.15. The molecule has 2 heterocycles. The zero-order valence-corrected chi connectivity index (χ0v) is 12.9. The van der Waals surface area contributed by atoms with E-state index in [0.717, 1.165) is 5.56 Å². The second kappa shape index (κ2) is 6.10. The van der Waals surface area contributed by atoms with Crippen LogP contribution in [0.2, 0.25) is 0 Å². The molecule has 1 aromatic rings. The number of rotatable bonds is 5. The summed E-state index contributed by atoms with van der Waals surface area (Å²) in [5.74, 6) is -0.699. The largest absolute Gasteiger partial charge is 0.392 e. The summed E-state index contributed by atoms with van der Waals surface area (Å²) < 4.78 is 23.5. The third kappa shape index (κ3) is 3.09. The Labute approximate surface area is 130 Å². The number of aliphatic hydroxyl groups is 1. The Balaban J connectivity index is 1.73. The molecule has 0 bridgehead atoms. The maximum atomic E-state index is 9.35. The molecule has 2 aliphatic heterocycles. The summed E-state index contributed by atoms with van der Waals surface area (Å²) in [7, 11) is 0. The number of benzene rings is 1. The van der Waals surface area contributed by atoms with Crippen LogP contribution in [0.5, 0.6) is 0 Å². The van der Waals surface area contributed by atoms with Crippen LogP contribution in [0.15, 0.2) is 42.5 Å². The smallest absolute Gasteiger partial charge is 0.190 e. The van der Waals surface area contributed by atoms with E-state index in [0.29, 0.717) is 12.2 Å². The molecule has 2 aliphatic rings. The van der Waals surface area contributed by atoms with Crippen molar-refractivity contribution in [3.63, 3.8) is 0 Å². The molecule has 2 fully saturated rings. The van der Waals surface area contributed by atoms with Crippen LogP contribution in [-0.4, -0.2) is 42.1 Å². The van der Waals surface area contributed by atoms with Crippen LogP contribution in [0.1, 0.15) is 19.4 Å². The van der Waals surface area contributed by atoms with E-state index in [2.05, 4.69) is 6.58 Å². The molecule has 2 saturated heterocycles. The normalized spacial score (nSPS) is 32.9. The first-order valence-electron chi connectivity index (χ1n) is 7.45. The van der Waals surface area contributed by atoms with Gasteiger partial charge in [0, 0.05) is 0 Å². The zero-order chi connectivity index (χ0) is 15.7. The average molecular weight is 306 g/mol. The van der Waals surface area contributed by atoms with E-state index < -0.39 is 18.2 Å². The summed E-state index contributed by atoms with van der Waals surface area (Å²) in [5.41, 5.74) is 1.63. The first kappa shape index (κ1) is 15.6. The predicted octanol–water partition coefficient (Wildman–Crippen LogP) is 2.00. The average Bonchev–Trinajstić information content (AvgIpc) is 2.97. The summed E-state index contributed by atoms with van der Waals surface area (Å²) in [6.07, 6.45) is -1.61. The zero-order valence-electron chi connectivity index (χ0n) is 12.9. The number of hydrogen-bond donors (Lipinski definition) is 1. The highest BCUT2D eigenvalue weighted by Gasteiger charge is 2.55. The molecule has 5 nitrogen and oxygen atoms in total.